The van der Waals surface area contributed by atoms with Gasteiger partial charge >= 0.3 is 0 Å². The SMILES string of the molecule is O=C(c1ccc(F)cc1)C1CCN(CC(=O)N(CCF)CC2=NC(=O)C3COCCC3=N2)CC1. The number of piperidine rings is 1. The summed E-state index contributed by atoms with van der Waals surface area (Å²) >= 11 is 0. The summed E-state index contributed by atoms with van der Waals surface area (Å²) in [6.07, 6.45) is 1.72. The smallest absolute Gasteiger partial charge is 0.258 e. The summed E-state index contributed by atoms with van der Waals surface area (Å²) in [6, 6.07) is 5.54. The van der Waals surface area contributed by atoms with Crippen LogP contribution in [0.1, 0.15) is 29.6 Å². The highest BCUT2D eigenvalue weighted by atomic mass is 19.1. The van der Waals surface area contributed by atoms with Crippen molar-refractivity contribution in [3.05, 3.63) is 35.6 Å². The zero-order valence-corrected chi connectivity index (χ0v) is 18.9. The van der Waals surface area contributed by atoms with E-state index in [1.165, 1.54) is 29.2 Å². The van der Waals surface area contributed by atoms with Gasteiger partial charge < -0.3 is 9.64 Å². The molecule has 34 heavy (non-hydrogen) atoms. The molecule has 0 N–H and O–H groups in total. The van der Waals surface area contributed by atoms with E-state index in [9.17, 15) is 23.2 Å². The van der Waals surface area contributed by atoms with Crippen molar-refractivity contribution in [1.29, 1.82) is 0 Å². The van der Waals surface area contributed by atoms with Crippen LogP contribution in [0.2, 0.25) is 0 Å². The normalized spacial score (nSPS) is 21.5. The highest BCUT2D eigenvalue weighted by Crippen LogP contribution is 2.22. The molecule has 1 aromatic rings. The van der Waals surface area contributed by atoms with Crippen molar-refractivity contribution in [3.8, 4) is 0 Å². The van der Waals surface area contributed by atoms with Gasteiger partial charge in [-0.25, -0.2) is 13.8 Å². The standard InChI is InChI=1S/C24H28F2N4O4/c25-8-11-30(13-21-27-20-7-12-34-15-19(20)24(33)28-21)22(31)14-29-9-5-17(6-10-29)23(32)16-1-3-18(26)4-2-16/h1-4,17,19H,5-15H2. The number of rotatable bonds is 8. The summed E-state index contributed by atoms with van der Waals surface area (Å²) < 4.78 is 31.6. The number of fused-ring (bicyclic) bond motifs is 1. The fraction of sp³-hybridized carbons (Fsp3) is 0.542. The quantitative estimate of drug-likeness (QED) is 0.537. The molecule has 0 spiro atoms. The molecule has 0 aromatic heterocycles. The number of benzene rings is 1. The van der Waals surface area contributed by atoms with Crippen molar-refractivity contribution in [3.63, 3.8) is 0 Å². The van der Waals surface area contributed by atoms with Crippen LogP contribution in [0.15, 0.2) is 34.3 Å². The maximum atomic E-state index is 13.2. The first kappa shape index (κ1) is 24.3. The molecule has 3 heterocycles. The number of amides is 2. The second kappa shape index (κ2) is 11.1. The van der Waals surface area contributed by atoms with E-state index < -0.39 is 12.6 Å². The number of halogens is 2. The summed E-state index contributed by atoms with van der Waals surface area (Å²) in [5.41, 5.74) is 1.20. The Kier molecular flexibility index (Phi) is 7.89. The largest absolute Gasteiger partial charge is 0.380 e. The topological polar surface area (TPSA) is 91.6 Å². The van der Waals surface area contributed by atoms with Crippen molar-refractivity contribution < 1.29 is 27.9 Å². The summed E-state index contributed by atoms with van der Waals surface area (Å²) in [5, 5.41) is 0. The van der Waals surface area contributed by atoms with Crippen molar-refractivity contribution in [2.24, 2.45) is 21.8 Å². The third-order valence-corrected chi connectivity index (χ3v) is 6.48. The maximum Gasteiger partial charge on any atom is 0.258 e. The summed E-state index contributed by atoms with van der Waals surface area (Å²) in [7, 11) is 0. The van der Waals surface area contributed by atoms with E-state index in [-0.39, 0.29) is 61.4 Å². The molecule has 0 bridgehead atoms. The Morgan fingerprint density at radius 1 is 1.15 bits per heavy atom. The third kappa shape index (κ3) is 5.79. The summed E-state index contributed by atoms with van der Waals surface area (Å²) in [5.74, 6) is -1.42. The summed E-state index contributed by atoms with van der Waals surface area (Å²) in [6.45, 7) is 1.10. The fourth-order valence-corrected chi connectivity index (χ4v) is 4.52. The molecule has 3 aliphatic rings. The minimum absolute atomic E-state index is 0.0180. The van der Waals surface area contributed by atoms with Gasteiger partial charge in [-0.05, 0) is 50.2 Å². The van der Waals surface area contributed by atoms with Crippen LogP contribution in [0.5, 0.6) is 0 Å². The van der Waals surface area contributed by atoms with Gasteiger partial charge in [-0.3, -0.25) is 19.3 Å². The predicted molar refractivity (Wildman–Crippen MR) is 121 cm³/mol. The van der Waals surface area contributed by atoms with E-state index in [0.717, 1.165) is 0 Å². The molecule has 2 fully saturated rings. The zero-order chi connectivity index (χ0) is 24.1. The Morgan fingerprint density at radius 2 is 1.88 bits per heavy atom. The van der Waals surface area contributed by atoms with E-state index in [1.807, 2.05) is 4.90 Å². The zero-order valence-electron chi connectivity index (χ0n) is 18.9. The predicted octanol–water partition coefficient (Wildman–Crippen LogP) is 1.93. The number of hydrogen-bond acceptors (Lipinski definition) is 6. The van der Waals surface area contributed by atoms with Gasteiger partial charge in [-0.2, -0.15) is 4.99 Å². The highest BCUT2D eigenvalue weighted by Gasteiger charge is 2.33. The number of ketones is 1. The molecular weight excluding hydrogens is 446 g/mol. The van der Waals surface area contributed by atoms with E-state index in [0.29, 0.717) is 50.2 Å². The van der Waals surface area contributed by atoms with Crippen molar-refractivity contribution in [1.82, 2.24) is 9.80 Å². The number of amidine groups is 1. The van der Waals surface area contributed by atoms with Crippen LogP contribution in [-0.4, -0.2) is 91.6 Å². The molecule has 0 aliphatic carbocycles. The number of likely N-dealkylation sites (tertiary alicyclic amines) is 1. The minimum atomic E-state index is -0.714. The Morgan fingerprint density at radius 3 is 2.59 bits per heavy atom. The van der Waals surface area contributed by atoms with Gasteiger partial charge in [0, 0.05) is 30.2 Å². The Balaban J connectivity index is 1.31. The van der Waals surface area contributed by atoms with Crippen LogP contribution < -0.4 is 0 Å². The van der Waals surface area contributed by atoms with E-state index >= 15 is 0 Å². The number of Topliss-reactive ketones (excluding diaryl/α,β-unsaturated/α-hetero) is 1. The molecule has 2 saturated heterocycles. The van der Waals surface area contributed by atoms with Crippen molar-refractivity contribution in [2.75, 3.05) is 52.6 Å². The highest BCUT2D eigenvalue weighted by molar-refractivity contribution is 6.17. The second-order valence-corrected chi connectivity index (χ2v) is 8.77. The van der Waals surface area contributed by atoms with Gasteiger partial charge in [0.25, 0.3) is 5.91 Å². The number of aliphatic imine (C=N–C) groups is 2. The van der Waals surface area contributed by atoms with Crippen LogP contribution in [0.25, 0.3) is 0 Å². The van der Waals surface area contributed by atoms with Gasteiger partial charge in [-0.15, -0.1) is 0 Å². The Hall–Kier alpha value is -2.85. The average Bonchev–Trinajstić information content (AvgIpc) is 2.84. The lowest BCUT2D eigenvalue weighted by Gasteiger charge is -2.32. The first-order chi connectivity index (χ1) is 16.4. The van der Waals surface area contributed by atoms with Crippen molar-refractivity contribution in [2.45, 2.75) is 19.3 Å². The lowest BCUT2D eigenvalue weighted by Crippen LogP contribution is -2.47. The van der Waals surface area contributed by atoms with Crippen molar-refractivity contribution >= 4 is 29.1 Å². The van der Waals surface area contributed by atoms with E-state index in [2.05, 4.69) is 9.98 Å². The Bertz CT molecular complexity index is 987. The van der Waals surface area contributed by atoms with Crippen LogP contribution in [0, 0.1) is 17.7 Å². The lowest BCUT2D eigenvalue weighted by molar-refractivity contribution is -0.132. The first-order valence-corrected chi connectivity index (χ1v) is 11.6. The second-order valence-electron chi connectivity index (χ2n) is 8.77. The lowest BCUT2D eigenvalue weighted by atomic mass is 9.89. The van der Waals surface area contributed by atoms with Gasteiger partial charge in [-0.1, -0.05) is 0 Å². The van der Waals surface area contributed by atoms with Crippen LogP contribution in [-0.2, 0) is 14.3 Å². The number of carbonyl (C=O) groups excluding carboxylic acids is 3. The summed E-state index contributed by atoms with van der Waals surface area (Å²) in [4.78, 5) is 49.6. The van der Waals surface area contributed by atoms with Crippen LogP contribution in [0.4, 0.5) is 8.78 Å². The number of hydrogen-bond donors (Lipinski definition) is 0. The molecule has 10 heteroatoms. The molecule has 1 unspecified atom stereocenters. The van der Waals surface area contributed by atoms with Crippen LogP contribution >= 0.6 is 0 Å². The molecule has 0 saturated carbocycles. The van der Waals surface area contributed by atoms with Gasteiger partial charge in [0.2, 0.25) is 5.91 Å². The number of ether oxygens (including phenoxy) is 1. The van der Waals surface area contributed by atoms with Crippen LogP contribution in [0.3, 0.4) is 0 Å². The monoisotopic (exact) mass is 474 g/mol. The number of nitrogens with zero attached hydrogens (tertiary/aromatic N) is 4. The van der Waals surface area contributed by atoms with Gasteiger partial charge in [0.15, 0.2) is 11.6 Å². The molecule has 1 aromatic carbocycles. The molecule has 2 amide bonds. The number of alkyl halides is 1. The Labute approximate surface area is 196 Å². The molecule has 182 valence electrons. The number of carbonyl (C=O) groups is 3. The molecular formula is C24H28F2N4O4. The van der Waals surface area contributed by atoms with Gasteiger partial charge in [0.05, 0.1) is 26.3 Å². The first-order valence-electron chi connectivity index (χ1n) is 11.6. The average molecular weight is 475 g/mol. The van der Waals surface area contributed by atoms with E-state index in [1.54, 1.807) is 0 Å². The minimum Gasteiger partial charge on any atom is -0.380 e. The molecule has 0 radical (unpaired) electrons. The van der Waals surface area contributed by atoms with Gasteiger partial charge in [0.1, 0.15) is 18.4 Å². The third-order valence-electron chi connectivity index (χ3n) is 6.48. The fourth-order valence-electron chi connectivity index (χ4n) is 4.52. The molecule has 4 rings (SSSR count). The molecule has 8 nitrogen and oxygen atoms in total. The van der Waals surface area contributed by atoms with E-state index in [4.69, 9.17) is 4.74 Å². The maximum absolute atomic E-state index is 13.2. The molecule has 3 aliphatic heterocycles. The molecule has 1 atom stereocenters.